The molecule has 4 heteroatoms. The van der Waals surface area contributed by atoms with Gasteiger partial charge in [-0.15, -0.1) is 0 Å². The standard InChI is InChI=1S/C20H22O4/c1-4-14(2)19(23)24-13-20(3,15-5-9-17(21)10-6-15)16-7-11-18(22)12-8-16/h4-12,21-22H,13H2,1-3H3. The Bertz CT molecular complexity index is 682. The molecule has 2 aromatic carbocycles. The summed E-state index contributed by atoms with van der Waals surface area (Å²) in [4.78, 5) is 12.0. The van der Waals surface area contributed by atoms with E-state index in [0.29, 0.717) is 5.57 Å². The topological polar surface area (TPSA) is 66.8 Å². The van der Waals surface area contributed by atoms with E-state index >= 15 is 0 Å². The highest BCUT2D eigenvalue weighted by molar-refractivity contribution is 5.87. The van der Waals surface area contributed by atoms with Crippen LogP contribution in [0.5, 0.6) is 11.5 Å². The normalized spacial score (nSPS) is 12.0. The summed E-state index contributed by atoms with van der Waals surface area (Å²) in [6, 6.07) is 13.6. The fourth-order valence-corrected chi connectivity index (χ4v) is 2.43. The third-order valence-corrected chi connectivity index (χ3v) is 4.26. The molecule has 0 unspecified atom stereocenters. The van der Waals surface area contributed by atoms with Crippen molar-refractivity contribution in [1.82, 2.24) is 0 Å². The number of esters is 1. The Hall–Kier alpha value is -2.75. The third-order valence-electron chi connectivity index (χ3n) is 4.26. The van der Waals surface area contributed by atoms with Crippen LogP contribution in [-0.2, 0) is 14.9 Å². The van der Waals surface area contributed by atoms with Crippen LogP contribution in [0, 0.1) is 0 Å². The molecule has 24 heavy (non-hydrogen) atoms. The molecule has 0 aliphatic heterocycles. The number of ether oxygens (including phenoxy) is 1. The van der Waals surface area contributed by atoms with Crippen molar-refractivity contribution in [3.05, 3.63) is 71.3 Å². The van der Waals surface area contributed by atoms with E-state index < -0.39 is 5.41 Å². The second kappa shape index (κ2) is 7.21. The molecule has 0 heterocycles. The van der Waals surface area contributed by atoms with Crippen molar-refractivity contribution in [3.8, 4) is 11.5 Å². The Morgan fingerprint density at radius 1 is 1.00 bits per heavy atom. The molecule has 4 nitrogen and oxygen atoms in total. The minimum absolute atomic E-state index is 0.145. The minimum Gasteiger partial charge on any atom is -0.508 e. The average molecular weight is 326 g/mol. The van der Waals surface area contributed by atoms with E-state index in [1.165, 1.54) is 0 Å². The molecule has 0 fully saturated rings. The molecular weight excluding hydrogens is 304 g/mol. The maximum Gasteiger partial charge on any atom is 0.333 e. The summed E-state index contributed by atoms with van der Waals surface area (Å²) in [5, 5.41) is 19.1. The van der Waals surface area contributed by atoms with Gasteiger partial charge in [0, 0.05) is 5.57 Å². The number of hydrogen-bond acceptors (Lipinski definition) is 4. The van der Waals surface area contributed by atoms with Gasteiger partial charge in [-0.3, -0.25) is 0 Å². The van der Waals surface area contributed by atoms with Gasteiger partial charge >= 0.3 is 5.97 Å². The van der Waals surface area contributed by atoms with Crippen LogP contribution in [0.4, 0.5) is 0 Å². The number of rotatable bonds is 5. The molecule has 126 valence electrons. The van der Waals surface area contributed by atoms with Crippen LogP contribution in [0.3, 0.4) is 0 Å². The van der Waals surface area contributed by atoms with Crippen LogP contribution < -0.4 is 0 Å². The number of phenolic OH excluding ortho intramolecular Hbond substituents is 2. The van der Waals surface area contributed by atoms with Crippen molar-refractivity contribution in [2.24, 2.45) is 0 Å². The zero-order chi connectivity index (χ0) is 17.7. The van der Waals surface area contributed by atoms with Gasteiger partial charge in [0.2, 0.25) is 0 Å². The number of carbonyl (C=O) groups excluding carboxylic acids is 1. The van der Waals surface area contributed by atoms with E-state index in [0.717, 1.165) is 11.1 Å². The van der Waals surface area contributed by atoms with Gasteiger partial charge in [-0.05, 0) is 56.2 Å². The molecular formula is C20H22O4. The van der Waals surface area contributed by atoms with E-state index in [2.05, 4.69) is 0 Å². The van der Waals surface area contributed by atoms with E-state index in [1.807, 2.05) is 6.92 Å². The zero-order valence-corrected chi connectivity index (χ0v) is 14.1. The molecule has 0 saturated carbocycles. The third kappa shape index (κ3) is 3.77. The SMILES string of the molecule is CC=C(C)C(=O)OCC(C)(c1ccc(O)cc1)c1ccc(O)cc1. The van der Waals surface area contributed by atoms with Crippen molar-refractivity contribution >= 4 is 5.97 Å². The lowest BCUT2D eigenvalue weighted by Gasteiger charge is -2.30. The van der Waals surface area contributed by atoms with Gasteiger partial charge in [-0.2, -0.15) is 0 Å². The number of hydrogen-bond donors (Lipinski definition) is 2. The van der Waals surface area contributed by atoms with Gasteiger partial charge < -0.3 is 14.9 Å². The lowest BCUT2D eigenvalue weighted by atomic mass is 9.77. The predicted molar refractivity (Wildman–Crippen MR) is 93.1 cm³/mol. The van der Waals surface area contributed by atoms with Gasteiger partial charge in [-0.25, -0.2) is 4.79 Å². The summed E-state index contributed by atoms with van der Waals surface area (Å²) >= 11 is 0. The fraction of sp³-hybridized carbons (Fsp3) is 0.250. The predicted octanol–water partition coefficient (Wildman–Crippen LogP) is 3.91. The molecule has 0 aliphatic carbocycles. The first-order valence-electron chi connectivity index (χ1n) is 7.76. The molecule has 0 atom stereocenters. The second-order valence-electron chi connectivity index (χ2n) is 5.97. The largest absolute Gasteiger partial charge is 0.508 e. The van der Waals surface area contributed by atoms with Crippen LogP contribution in [0.2, 0.25) is 0 Å². The smallest absolute Gasteiger partial charge is 0.333 e. The molecule has 0 amide bonds. The van der Waals surface area contributed by atoms with Gasteiger partial charge in [0.1, 0.15) is 18.1 Å². The molecule has 0 aromatic heterocycles. The Balaban J connectivity index is 2.39. The van der Waals surface area contributed by atoms with Crippen molar-refractivity contribution in [1.29, 1.82) is 0 Å². The average Bonchev–Trinajstić information content (AvgIpc) is 2.59. The summed E-state index contributed by atoms with van der Waals surface area (Å²) < 4.78 is 5.50. The summed E-state index contributed by atoms with van der Waals surface area (Å²) in [5.74, 6) is -0.0107. The minimum atomic E-state index is -0.606. The molecule has 2 aromatic rings. The second-order valence-corrected chi connectivity index (χ2v) is 5.97. The Kier molecular flexibility index (Phi) is 5.29. The molecule has 0 bridgehead atoms. The van der Waals surface area contributed by atoms with Crippen molar-refractivity contribution in [3.63, 3.8) is 0 Å². The Morgan fingerprint density at radius 3 is 1.79 bits per heavy atom. The van der Waals surface area contributed by atoms with Crippen LogP contribution in [0.25, 0.3) is 0 Å². The molecule has 0 radical (unpaired) electrons. The monoisotopic (exact) mass is 326 g/mol. The van der Waals surface area contributed by atoms with Gasteiger partial charge in [0.25, 0.3) is 0 Å². The van der Waals surface area contributed by atoms with Crippen molar-refractivity contribution in [2.75, 3.05) is 6.61 Å². The summed E-state index contributed by atoms with van der Waals surface area (Å²) in [5.41, 5.74) is 1.74. The highest BCUT2D eigenvalue weighted by atomic mass is 16.5. The van der Waals surface area contributed by atoms with Crippen molar-refractivity contribution < 1.29 is 19.7 Å². The van der Waals surface area contributed by atoms with E-state index in [-0.39, 0.29) is 24.1 Å². The summed E-state index contributed by atoms with van der Waals surface area (Å²) in [6.45, 7) is 5.60. The summed E-state index contributed by atoms with van der Waals surface area (Å²) in [6.07, 6.45) is 1.71. The van der Waals surface area contributed by atoms with Gasteiger partial charge in [-0.1, -0.05) is 30.3 Å². The van der Waals surface area contributed by atoms with Crippen molar-refractivity contribution in [2.45, 2.75) is 26.2 Å². The van der Waals surface area contributed by atoms with Crippen LogP contribution in [0.15, 0.2) is 60.2 Å². The van der Waals surface area contributed by atoms with Gasteiger partial charge in [0.05, 0.1) is 5.41 Å². The number of aromatic hydroxyl groups is 2. The number of phenols is 2. The Labute approximate surface area is 142 Å². The first kappa shape index (κ1) is 17.6. The number of carbonyl (C=O) groups is 1. The molecule has 2 rings (SSSR count). The maximum atomic E-state index is 12.0. The van der Waals surface area contributed by atoms with E-state index in [9.17, 15) is 15.0 Å². The lowest BCUT2D eigenvalue weighted by Crippen LogP contribution is -2.31. The van der Waals surface area contributed by atoms with Crippen LogP contribution >= 0.6 is 0 Å². The van der Waals surface area contributed by atoms with E-state index in [1.54, 1.807) is 68.5 Å². The zero-order valence-electron chi connectivity index (χ0n) is 14.1. The molecule has 2 N–H and O–H groups in total. The number of benzene rings is 2. The first-order valence-corrected chi connectivity index (χ1v) is 7.76. The van der Waals surface area contributed by atoms with E-state index in [4.69, 9.17) is 4.74 Å². The highest BCUT2D eigenvalue weighted by Crippen LogP contribution is 2.34. The number of allylic oxidation sites excluding steroid dienone is 1. The maximum absolute atomic E-state index is 12.0. The summed E-state index contributed by atoms with van der Waals surface area (Å²) in [7, 11) is 0. The molecule has 0 saturated heterocycles. The fourth-order valence-electron chi connectivity index (χ4n) is 2.43. The molecule has 0 spiro atoms. The lowest BCUT2D eigenvalue weighted by molar-refractivity contribution is -0.140. The van der Waals surface area contributed by atoms with Crippen LogP contribution in [0.1, 0.15) is 31.9 Å². The first-order chi connectivity index (χ1) is 11.4. The molecule has 0 aliphatic rings. The highest BCUT2D eigenvalue weighted by Gasteiger charge is 2.31. The quantitative estimate of drug-likeness (QED) is 0.646. The van der Waals surface area contributed by atoms with Crippen LogP contribution in [-0.4, -0.2) is 22.8 Å². The Morgan fingerprint density at radius 2 is 1.42 bits per heavy atom. The van der Waals surface area contributed by atoms with Gasteiger partial charge in [0.15, 0.2) is 0 Å².